The van der Waals surface area contributed by atoms with Gasteiger partial charge in [0, 0.05) is 18.0 Å². The van der Waals surface area contributed by atoms with Crippen molar-refractivity contribution in [2.75, 3.05) is 5.32 Å². The second-order valence-electron chi connectivity index (χ2n) is 4.99. The summed E-state index contributed by atoms with van der Waals surface area (Å²) in [6.07, 6.45) is 4.12. The van der Waals surface area contributed by atoms with Crippen molar-refractivity contribution < 1.29 is 9.50 Å². The van der Waals surface area contributed by atoms with Crippen LogP contribution in [0.15, 0.2) is 36.7 Å². The van der Waals surface area contributed by atoms with Crippen molar-refractivity contribution in [2.24, 2.45) is 0 Å². The number of halogens is 1. The van der Waals surface area contributed by atoms with Gasteiger partial charge in [0.05, 0.1) is 28.7 Å². The molecule has 4 nitrogen and oxygen atoms in total. The predicted octanol–water partition coefficient (Wildman–Crippen LogP) is 3.19. The summed E-state index contributed by atoms with van der Waals surface area (Å²) in [4.78, 5) is 4.05. The second kappa shape index (κ2) is 5.38. The van der Waals surface area contributed by atoms with Gasteiger partial charge in [0.2, 0.25) is 0 Å². The molecule has 1 heterocycles. The Labute approximate surface area is 116 Å². The van der Waals surface area contributed by atoms with E-state index in [1.807, 2.05) is 0 Å². The van der Waals surface area contributed by atoms with Gasteiger partial charge < -0.3 is 15.8 Å². The lowest BCUT2D eigenvalue weighted by atomic mass is 10.0. The van der Waals surface area contributed by atoms with Gasteiger partial charge in [-0.2, -0.15) is 0 Å². The van der Waals surface area contributed by atoms with Crippen LogP contribution in [0.4, 0.5) is 15.8 Å². The third kappa shape index (κ3) is 3.00. The first-order valence-corrected chi connectivity index (χ1v) is 6.16. The van der Waals surface area contributed by atoms with Crippen LogP contribution in [0.2, 0.25) is 0 Å². The van der Waals surface area contributed by atoms with Crippen LogP contribution in [-0.4, -0.2) is 16.3 Å². The number of hydrogen-bond donors (Lipinski definition) is 3. The number of aromatic nitrogens is 1. The summed E-state index contributed by atoms with van der Waals surface area (Å²) in [7, 11) is 0. The van der Waals surface area contributed by atoms with E-state index in [0.29, 0.717) is 16.9 Å². The molecule has 0 aliphatic rings. The smallest absolute Gasteiger partial charge is 0.134 e. The van der Waals surface area contributed by atoms with Crippen molar-refractivity contribution in [3.63, 3.8) is 0 Å². The molecular formula is C15H16FN3O. The average Bonchev–Trinajstić information content (AvgIpc) is 2.38. The van der Waals surface area contributed by atoms with Gasteiger partial charge in [-0.1, -0.05) is 6.07 Å². The van der Waals surface area contributed by atoms with E-state index in [9.17, 15) is 9.50 Å². The molecular weight excluding hydrogens is 257 g/mol. The fraction of sp³-hybridized carbons (Fsp3) is 0.200. The Morgan fingerprint density at radius 2 is 2.10 bits per heavy atom. The first-order valence-electron chi connectivity index (χ1n) is 6.16. The molecule has 0 saturated carbocycles. The molecule has 0 aliphatic carbocycles. The Morgan fingerprint density at radius 1 is 1.35 bits per heavy atom. The van der Waals surface area contributed by atoms with E-state index >= 15 is 0 Å². The molecule has 20 heavy (non-hydrogen) atoms. The normalized spacial score (nSPS) is 11.2. The Morgan fingerprint density at radius 3 is 2.75 bits per heavy atom. The lowest BCUT2D eigenvalue weighted by molar-refractivity contribution is 0.0783. The lowest BCUT2D eigenvalue weighted by Gasteiger charge is -2.18. The van der Waals surface area contributed by atoms with Crippen LogP contribution >= 0.6 is 0 Å². The molecule has 0 spiro atoms. The summed E-state index contributed by atoms with van der Waals surface area (Å²) in [6.45, 7) is 3.33. The zero-order valence-corrected chi connectivity index (χ0v) is 11.3. The minimum atomic E-state index is -1.00. The minimum Gasteiger partial charge on any atom is -0.386 e. The van der Waals surface area contributed by atoms with Crippen LogP contribution in [0.3, 0.4) is 0 Å². The summed E-state index contributed by atoms with van der Waals surface area (Å²) in [5.74, 6) is -0.461. The standard InChI is InChI=1S/C15H16FN3O/c1-15(2,20)10-6-11(9-18-8-10)19-14-5-3-4-13(16)12(14)7-17/h3-9,17,19-20H,1-2H3. The molecule has 104 valence electrons. The van der Waals surface area contributed by atoms with E-state index in [0.717, 1.165) is 6.21 Å². The summed E-state index contributed by atoms with van der Waals surface area (Å²) in [5.41, 5.74) is 0.932. The molecule has 0 atom stereocenters. The van der Waals surface area contributed by atoms with Crippen molar-refractivity contribution in [1.29, 1.82) is 5.41 Å². The van der Waals surface area contributed by atoms with Crippen molar-refractivity contribution in [2.45, 2.75) is 19.4 Å². The molecule has 0 amide bonds. The minimum absolute atomic E-state index is 0.182. The summed E-state index contributed by atoms with van der Waals surface area (Å²) < 4.78 is 13.6. The molecule has 5 heteroatoms. The van der Waals surface area contributed by atoms with Crippen molar-refractivity contribution in [3.05, 3.63) is 53.6 Å². The quantitative estimate of drug-likeness (QED) is 0.749. The Hall–Kier alpha value is -2.27. The first kappa shape index (κ1) is 14.1. The van der Waals surface area contributed by atoms with Gasteiger partial charge in [0.25, 0.3) is 0 Å². The van der Waals surface area contributed by atoms with Crippen LogP contribution in [-0.2, 0) is 5.60 Å². The molecule has 0 aliphatic heterocycles. The number of hydrogen-bond acceptors (Lipinski definition) is 4. The fourth-order valence-corrected chi connectivity index (χ4v) is 1.79. The van der Waals surface area contributed by atoms with Crippen LogP contribution in [0.5, 0.6) is 0 Å². The molecule has 0 radical (unpaired) electrons. The monoisotopic (exact) mass is 273 g/mol. The van der Waals surface area contributed by atoms with Gasteiger partial charge in [0.15, 0.2) is 0 Å². The largest absolute Gasteiger partial charge is 0.386 e. The van der Waals surface area contributed by atoms with Crippen LogP contribution in [0.1, 0.15) is 25.0 Å². The van der Waals surface area contributed by atoms with Crippen LogP contribution in [0.25, 0.3) is 0 Å². The average molecular weight is 273 g/mol. The Kier molecular flexibility index (Phi) is 3.81. The molecule has 2 aromatic rings. The highest BCUT2D eigenvalue weighted by Crippen LogP contribution is 2.25. The fourth-order valence-electron chi connectivity index (χ4n) is 1.79. The molecule has 1 aromatic heterocycles. The van der Waals surface area contributed by atoms with Crippen molar-refractivity contribution in [3.8, 4) is 0 Å². The number of benzene rings is 1. The zero-order chi connectivity index (χ0) is 14.8. The summed E-state index contributed by atoms with van der Waals surface area (Å²) in [5, 5.41) is 20.2. The van der Waals surface area contributed by atoms with E-state index in [1.165, 1.54) is 6.07 Å². The molecule has 3 N–H and O–H groups in total. The maximum absolute atomic E-state index is 13.6. The number of nitrogens with zero attached hydrogens (tertiary/aromatic N) is 1. The van der Waals surface area contributed by atoms with E-state index in [4.69, 9.17) is 5.41 Å². The zero-order valence-electron chi connectivity index (χ0n) is 11.3. The van der Waals surface area contributed by atoms with Gasteiger partial charge >= 0.3 is 0 Å². The second-order valence-corrected chi connectivity index (χ2v) is 4.99. The van der Waals surface area contributed by atoms with Gasteiger partial charge in [-0.15, -0.1) is 0 Å². The van der Waals surface area contributed by atoms with Crippen molar-refractivity contribution >= 4 is 17.6 Å². The van der Waals surface area contributed by atoms with E-state index in [2.05, 4.69) is 10.3 Å². The molecule has 0 fully saturated rings. The van der Waals surface area contributed by atoms with Gasteiger partial charge in [0.1, 0.15) is 5.82 Å². The Bertz CT molecular complexity index is 635. The molecule has 1 aromatic carbocycles. The predicted molar refractivity (Wildman–Crippen MR) is 77.1 cm³/mol. The molecule has 0 unspecified atom stereocenters. The highest BCUT2D eigenvalue weighted by molar-refractivity contribution is 5.87. The van der Waals surface area contributed by atoms with E-state index < -0.39 is 11.4 Å². The van der Waals surface area contributed by atoms with Gasteiger partial charge in [-0.25, -0.2) is 4.39 Å². The Balaban J connectivity index is 2.36. The van der Waals surface area contributed by atoms with Crippen molar-refractivity contribution in [1.82, 2.24) is 4.98 Å². The summed E-state index contributed by atoms with van der Waals surface area (Å²) in [6, 6.07) is 6.29. The maximum Gasteiger partial charge on any atom is 0.134 e. The number of pyridine rings is 1. The lowest BCUT2D eigenvalue weighted by Crippen LogP contribution is -2.15. The third-order valence-corrected chi connectivity index (χ3v) is 2.92. The van der Waals surface area contributed by atoms with Gasteiger partial charge in [-0.3, -0.25) is 4.98 Å². The first-order chi connectivity index (χ1) is 9.41. The summed E-state index contributed by atoms with van der Waals surface area (Å²) >= 11 is 0. The molecule has 2 rings (SSSR count). The highest BCUT2D eigenvalue weighted by atomic mass is 19.1. The number of aliphatic hydroxyl groups is 1. The van der Waals surface area contributed by atoms with E-state index in [1.54, 1.807) is 44.4 Å². The highest BCUT2D eigenvalue weighted by Gasteiger charge is 2.16. The maximum atomic E-state index is 13.6. The number of rotatable bonds is 4. The SMILES string of the molecule is CC(C)(O)c1cncc(Nc2cccc(F)c2C=N)c1. The number of anilines is 2. The van der Waals surface area contributed by atoms with Crippen LogP contribution < -0.4 is 5.32 Å². The van der Waals surface area contributed by atoms with Gasteiger partial charge in [-0.05, 0) is 32.0 Å². The topological polar surface area (TPSA) is 69.0 Å². The number of nitrogens with one attached hydrogen (secondary N) is 2. The molecule has 0 bridgehead atoms. The van der Waals surface area contributed by atoms with E-state index in [-0.39, 0.29) is 5.56 Å². The molecule has 0 saturated heterocycles. The third-order valence-electron chi connectivity index (χ3n) is 2.92. The van der Waals surface area contributed by atoms with Crippen LogP contribution in [0, 0.1) is 11.2 Å².